The van der Waals surface area contributed by atoms with E-state index in [1.165, 1.54) is 13.0 Å². The van der Waals surface area contributed by atoms with Gasteiger partial charge in [0.15, 0.2) is 0 Å². The number of sulfone groups is 1. The van der Waals surface area contributed by atoms with Crippen molar-refractivity contribution in [3.63, 3.8) is 0 Å². The van der Waals surface area contributed by atoms with Crippen molar-refractivity contribution in [3.8, 4) is 6.07 Å². The lowest BCUT2D eigenvalue weighted by molar-refractivity contribution is -0.112. The van der Waals surface area contributed by atoms with E-state index in [-0.39, 0.29) is 21.6 Å². The highest BCUT2D eigenvalue weighted by Gasteiger charge is 2.19. The third-order valence-corrected chi connectivity index (χ3v) is 5.61. The minimum absolute atomic E-state index is 0.0176. The zero-order chi connectivity index (χ0) is 17.7. The van der Waals surface area contributed by atoms with Crippen molar-refractivity contribution in [1.82, 2.24) is 9.36 Å². The van der Waals surface area contributed by atoms with Crippen LogP contribution >= 0.6 is 27.5 Å². The van der Waals surface area contributed by atoms with Crippen LogP contribution in [0.25, 0.3) is 6.08 Å². The molecule has 0 saturated carbocycles. The SMILES string of the molecule is CCS(=O)(=O)c1nsc(NC(=O)/C(C#N)=C\c2ccc(Br)cc2)n1. The minimum Gasteiger partial charge on any atom is -0.296 e. The van der Waals surface area contributed by atoms with E-state index in [2.05, 4.69) is 30.6 Å². The Balaban J connectivity index is 2.19. The average molecular weight is 427 g/mol. The van der Waals surface area contributed by atoms with Crippen molar-refractivity contribution < 1.29 is 13.2 Å². The Kier molecular flexibility index (Phi) is 5.82. The maximum absolute atomic E-state index is 12.1. The lowest BCUT2D eigenvalue weighted by atomic mass is 10.1. The number of nitriles is 1. The maximum Gasteiger partial charge on any atom is 0.268 e. The smallest absolute Gasteiger partial charge is 0.268 e. The molecule has 0 bridgehead atoms. The van der Waals surface area contributed by atoms with Gasteiger partial charge in [0.05, 0.1) is 5.75 Å². The highest BCUT2D eigenvalue weighted by molar-refractivity contribution is 9.10. The summed E-state index contributed by atoms with van der Waals surface area (Å²) >= 11 is 4.04. The summed E-state index contributed by atoms with van der Waals surface area (Å²) in [5, 5.41) is 11.2. The minimum atomic E-state index is -3.54. The van der Waals surface area contributed by atoms with Crippen molar-refractivity contribution >= 4 is 54.4 Å². The fraction of sp³-hybridized carbons (Fsp3) is 0.143. The first-order chi connectivity index (χ1) is 11.4. The van der Waals surface area contributed by atoms with E-state index in [1.54, 1.807) is 24.3 Å². The standard InChI is InChI=1S/C14H11BrN4O3S2/c1-2-24(21,22)14-18-13(23-19-14)17-12(20)10(8-16)7-9-3-5-11(15)6-4-9/h3-7H,2H2,1H3,(H,17,18,19,20)/b10-7-. The van der Waals surface area contributed by atoms with E-state index in [1.807, 2.05) is 6.07 Å². The van der Waals surface area contributed by atoms with Gasteiger partial charge in [-0.1, -0.05) is 35.0 Å². The summed E-state index contributed by atoms with van der Waals surface area (Å²) in [6, 6.07) is 8.86. The molecular weight excluding hydrogens is 416 g/mol. The molecule has 0 unspecified atom stereocenters. The molecule has 10 heteroatoms. The van der Waals surface area contributed by atoms with Gasteiger partial charge in [-0.3, -0.25) is 10.1 Å². The first kappa shape index (κ1) is 18.3. The van der Waals surface area contributed by atoms with E-state index in [9.17, 15) is 13.2 Å². The zero-order valence-electron chi connectivity index (χ0n) is 12.4. The summed E-state index contributed by atoms with van der Waals surface area (Å²) in [6.07, 6.45) is 1.42. The van der Waals surface area contributed by atoms with Gasteiger partial charge < -0.3 is 0 Å². The van der Waals surface area contributed by atoms with Crippen LogP contribution < -0.4 is 5.32 Å². The van der Waals surface area contributed by atoms with Crippen molar-refractivity contribution in [2.75, 3.05) is 11.1 Å². The molecule has 0 atom stereocenters. The molecule has 0 aliphatic heterocycles. The number of carbonyl (C=O) groups is 1. The molecule has 124 valence electrons. The Labute approximate surface area is 151 Å². The first-order valence-electron chi connectivity index (χ1n) is 6.61. The Morgan fingerprint density at radius 2 is 2.08 bits per heavy atom. The van der Waals surface area contributed by atoms with E-state index >= 15 is 0 Å². The van der Waals surface area contributed by atoms with Gasteiger partial charge in [-0.15, -0.1) is 0 Å². The van der Waals surface area contributed by atoms with Crippen molar-refractivity contribution in [2.24, 2.45) is 0 Å². The molecule has 2 aromatic rings. The van der Waals surface area contributed by atoms with Crippen LogP contribution in [-0.2, 0) is 14.6 Å². The van der Waals surface area contributed by atoms with Crippen LogP contribution in [0.5, 0.6) is 0 Å². The van der Waals surface area contributed by atoms with Crippen molar-refractivity contribution in [1.29, 1.82) is 5.26 Å². The molecule has 24 heavy (non-hydrogen) atoms. The highest BCUT2D eigenvalue weighted by Crippen LogP contribution is 2.18. The zero-order valence-corrected chi connectivity index (χ0v) is 15.6. The number of amides is 1. The molecular formula is C14H11BrN4O3S2. The second kappa shape index (κ2) is 7.65. The maximum atomic E-state index is 12.1. The predicted octanol–water partition coefficient (Wildman–Crippen LogP) is 2.64. The Morgan fingerprint density at radius 3 is 2.67 bits per heavy atom. The van der Waals surface area contributed by atoms with Gasteiger partial charge >= 0.3 is 0 Å². The Hall–Kier alpha value is -2.09. The normalized spacial score (nSPS) is 11.8. The van der Waals surface area contributed by atoms with Gasteiger partial charge in [0.25, 0.3) is 11.1 Å². The monoisotopic (exact) mass is 426 g/mol. The number of benzene rings is 1. The van der Waals surface area contributed by atoms with E-state index in [4.69, 9.17) is 5.26 Å². The molecule has 0 radical (unpaired) electrons. The van der Waals surface area contributed by atoms with Crippen molar-refractivity contribution in [3.05, 3.63) is 39.9 Å². The molecule has 0 aliphatic rings. The molecule has 1 aromatic carbocycles. The van der Waals surface area contributed by atoms with Crippen LogP contribution in [0.3, 0.4) is 0 Å². The summed E-state index contributed by atoms with van der Waals surface area (Å²) in [5.41, 5.74) is 0.545. The summed E-state index contributed by atoms with van der Waals surface area (Å²) in [6.45, 7) is 1.48. The number of hydrogen-bond donors (Lipinski definition) is 1. The molecule has 0 fully saturated rings. The number of rotatable bonds is 5. The topological polar surface area (TPSA) is 113 Å². The molecule has 1 aromatic heterocycles. The number of nitrogens with zero attached hydrogens (tertiary/aromatic N) is 3. The number of nitrogens with one attached hydrogen (secondary N) is 1. The van der Waals surface area contributed by atoms with Crippen LogP contribution in [0.1, 0.15) is 12.5 Å². The predicted molar refractivity (Wildman–Crippen MR) is 94.0 cm³/mol. The van der Waals surface area contributed by atoms with Gasteiger partial charge in [0, 0.05) is 16.0 Å². The van der Waals surface area contributed by atoms with Crippen LogP contribution in [0, 0.1) is 11.3 Å². The quantitative estimate of drug-likeness (QED) is 0.580. The second-order valence-electron chi connectivity index (χ2n) is 4.46. The fourth-order valence-corrected chi connectivity index (χ4v) is 3.40. The van der Waals surface area contributed by atoms with Crippen LogP contribution in [-0.4, -0.2) is 29.4 Å². The van der Waals surface area contributed by atoms with Gasteiger partial charge in [-0.2, -0.15) is 14.6 Å². The number of halogens is 1. The number of anilines is 1. The van der Waals surface area contributed by atoms with Crippen LogP contribution in [0.2, 0.25) is 0 Å². The lowest BCUT2D eigenvalue weighted by Crippen LogP contribution is -2.13. The third-order valence-electron chi connectivity index (χ3n) is 2.83. The molecule has 7 nitrogen and oxygen atoms in total. The van der Waals surface area contributed by atoms with E-state index in [0.29, 0.717) is 5.56 Å². The van der Waals surface area contributed by atoms with Crippen molar-refractivity contribution in [2.45, 2.75) is 12.1 Å². The molecule has 1 N–H and O–H groups in total. The number of carbonyl (C=O) groups excluding carboxylic acids is 1. The third kappa shape index (κ3) is 4.47. The largest absolute Gasteiger partial charge is 0.296 e. The molecule has 0 saturated heterocycles. The van der Waals surface area contributed by atoms with E-state index < -0.39 is 15.7 Å². The van der Waals surface area contributed by atoms with Gasteiger partial charge in [-0.05, 0) is 23.8 Å². The average Bonchev–Trinajstić information content (AvgIpc) is 3.03. The lowest BCUT2D eigenvalue weighted by Gasteiger charge is -2.00. The second-order valence-corrected chi connectivity index (χ2v) is 8.30. The first-order valence-corrected chi connectivity index (χ1v) is 9.82. The molecule has 1 heterocycles. The number of aromatic nitrogens is 2. The van der Waals surface area contributed by atoms with Gasteiger partial charge in [-0.25, -0.2) is 8.42 Å². The van der Waals surface area contributed by atoms with Gasteiger partial charge in [0.2, 0.25) is 15.0 Å². The molecule has 1 amide bonds. The molecule has 0 spiro atoms. The van der Waals surface area contributed by atoms with Crippen LogP contribution in [0.15, 0.2) is 39.5 Å². The summed E-state index contributed by atoms with van der Waals surface area (Å²) in [7, 11) is -3.54. The van der Waals surface area contributed by atoms with E-state index in [0.717, 1.165) is 16.0 Å². The van der Waals surface area contributed by atoms with Gasteiger partial charge in [0.1, 0.15) is 11.6 Å². The Morgan fingerprint density at radius 1 is 1.42 bits per heavy atom. The fourth-order valence-electron chi connectivity index (χ4n) is 1.55. The summed E-state index contributed by atoms with van der Waals surface area (Å²) in [5.74, 6) is -0.818. The number of hydrogen-bond acceptors (Lipinski definition) is 7. The molecule has 2 rings (SSSR count). The summed E-state index contributed by atoms with van der Waals surface area (Å²) < 4.78 is 27.9. The Bertz CT molecular complexity index is 928. The molecule has 0 aliphatic carbocycles. The summed E-state index contributed by atoms with van der Waals surface area (Å²) in [4.78, 5) is 15.9. The van der Waals surface area contributed by atoms with Crippen LogP contribution in [0.4, 0.5) is 5.13 Å². The highest BCUT2D eigenvalue weighted by atomic mass is 79.9.